The standard InChI is InChI=1S/C18H35N5O2/c19-7-10-22(11-8-20)12-13-23-9-4-16(21-17(25)15-24)14-18(23)5-2-1-3-6-18/h15-16H,1-14,19-20H2,(H,21,25). The summed E-state index contributed by atoms with van der Waals surface area (Å²) in [6, 6.07) is 0.122. The number of nitrogens with zero attached hydrogens (tertiary/aromatic N) is 2. The number of likely N-dealkylation sites (tertiary alicyclic amines) is 1. The summed E-state index contributed by atoms with van der Waals surface area (Å²) in [5.74, 6) is -0.485. The Morgan fingerprint density at radius 3 is 2.44 bits per heavy atom. The van der Waals surface area contributed by atoms with E-state index >= 15 is 0 Å². The summed E-state index contributed by atoms with van der Waals surface area (Å²) in [5, 5.41) is 2.89. The molecule has 1 heterocycles. The highest BCUT2D eigenvalue weighted by Crippen LogP contribution is 2.40. The van der Waals surface area contributed by atoms with Crippen LogP contribution in [0.3, 0.4) is 0 Å². The summed E-state index contributed by atoms with van der Waals surface area (Å²) in [5.41, 5.74) is 11.6. The Bertz CT molecular complexity index is 420. The Hall–Kier alpha value is -1.02. The Morgan fingerprint density at radius 2 is 1.84 bits per heavy atom. The molecule has 2 rings (SSSR count). The van der Waals surface area contributed by atoms with Crippen LogP contribution < -0.4 is 16.8 Å². The first-order chi connectivity index (χ1) is 12.1. The first-order valence-electron chi connectivity index (χ1n) is 9.77. The van der Waals surface area contributed by atoms with Crippen LogP contribution in [0.2, 0.25) is 0 Å². The molecule has 0 aromatic rings. The van der Waals surface area contributed by atoms with Crippen molar-refractivity contribution in [3.8, 4) is 0 Å². The smallest absolute Gasteiger partial charge is 0.284 e. The number of nitrogens with one attached hydrogen (secondary N) is 1. The first-order valence-corrected chi connectivity index (χ1v) is 9.77. The van der Waals surface area contributed by atoms with E-state index in [0.717, 1.165) is 45.6 Å². The molecule has 7 heteroatoms. The SMILES string of the molecule is NCCN(CCN)CCN1CCC(NC(=O)C=O)CC12CCCCC2. The van der Waals surface area contributed by atoms with Crippen LogP contribution in [0.4, 0.5) is 0 Å². The largest absolute Gasteiger partial charge is 0.347 e. The molecule has 7 nitrogen and oxygen atoms in total. The van der Waals surface area contributed by atoms with Gasteiger partial charge in [0.05, 0.1) is 0 Å². The second-order valence-electron chi connectivity index (χ2n) is 7.51. The maximum absolute atomic E-state index is 11.5. The molecule has 1 amide bonds. The third-order valence-corrected chi connectivity index (χ3v) is 5.86. The lowest BCUT2D eigenvalue weighted by atomic mass is 9.73. The van der Waals surface area contributed by atoms with Gasteiger partial charge in [-0.2, -0.15) is 0 Å². The molecular formula is C18H35N5O2. The molecule has 1 spiro atoms. The van der Waals surface area contributed by atoms with E-state index in [9.17, 15) is 9.59 Å². The van der Waals surface area contributed by atoms with Crippen LogP contribution in [0, 0.1) is 0 Å². The number of amides is 1. The fourth-order valence-electron chi connectivity index (χ4n) is 4.64. The van der Waals surface area contributed by atoms with E-state index < -0.39 is 5.91 Å². The lowest BCUT2D eigenvalue weighted by molar-refractivity contribution is -0.132. The molecule has 2 fully saturated rings. The van der Waals surface area contributed by atoms with Gasteiger partial charge in [-0.05, 0) is 25.7 Å². The highest BCUT2D eigenvalue weighted by Gasteiger charge is 2.42. The van der Waals surface area contributed by atoms with Gasteiger partial charge in [0.2, 0.25) is 6.29 Å². The number of nitrogens with two attached hydrogens (primary N) is 2. The van der Waals surface area contributed by atoms with Crippen LogP contribution in [0.25, 0.3) is 0 Å². The maximum atomic E-state index is 11.5. The summed E-state index contributed by atoms with van der Waals surface area (Å²) >= 11 is 0. The van der Waals surface area contributed by atoms with Crippen molar-refractivity contribution >= 4 is 12.2 Å². The van der Waals surface area contributed by atoms with E-state index in [1.807, 2.05) is 0 Å². The average molecular weight is 354 g/mol. The Kier molecular flexibility index (Phi) is 8.29. The van der Waals surface area contributed by atoms with Gasteiger partial charge in [-0.3, -0.25) is 19.4 Å². The number of carbonyl (C=O) groups is 2. The second kappa shape index (κ2) is 10.2. The number of aldehydes is 1. The fourth-order valence-corrected chi connectivity index (χ4v) is 4.64. The summed E-state index contributed by atoms with van der Waals surface area (Å²) in [4.78, 5) is 27.1. The third kappa shape index (κ3) is 5.74. The number of rotatable bonds is 9. The second-order valence-corrected chi connectivity index (χ2v) is 7.51. The quantitative estimate of drug-likeness (QED) is 0.388. The van der Waals surface area contributed by atoms with Gasteiger partial charge < -0.3 is 16.8 Å². The monoisotopic (exact) mass is 353 g/mol. The summed E-state index contributed by atoms with van der Waals surface area (Å²) in [6.07, 6.45) is 8.43. The van der Waals surface area contributed by atoms with Crippen LogP contribution in [0.5, 0.6) is 0 Å². The fraction of sp³-hybridized carbons (Fsp3) is 0.889. The molecule has 144 valence electrons. The minimum absolute atomic E-state index is 0.122. The maximum Gasteiger partial charge on any atom is 0.284 e. The van der Waals surface area contributed by atoms with Crippen molar-refractivity contribution in [1.82, 2.24) is 15.1 Å². The van der Waals surface area contributed by atoms with E-state index in [1.54, 1.807) is 0 Å². The van der Waals surface area contributed by atoms with Gasteiger partial charge in [-0.1, -0.05) is 19.3 Å². The van der Waals surface area contributed by atoms with Crippen molar-refractivity contribution in [3.63, 3.8) is 0 Å². The van der Waals surface area contributed by atoms with Gasteiger partial charge in [0.25, 0.3) is 5.91 Å². The molecule has 0 aromatic carbocycles. The summed E-state index contributed by atoms with van der Waals surface area (Å²) in [6.45, 7) is 6.07. The molecule has 1 unspecified atom stereocenters. The van der Waals surface area contributed by atoms with Gasteiger partial charge in [-0.15, -0.1) is 0 Å². The Labute approximate surface area is 151 Å². The highest BCUT2D eigenvalue weighted by atomic mass is 16.2. The number of hydrogen-bond donors (Lipinski definition) is 3. The van der Waals surface area contributed by atoms with Crippen molar-refractivity contribution in [2.45, 2.75) is 56.5 Å². The zero-order chi connectivity index (χ0) is 18.1. The topological polar surface area (TPSA) is 105 Å². The zero-order valence-corrected chi connectivity index (χ0v) is 15.4. The Balaban J connectivity index is 1.98. The zero-order valence-electron chi connectivity index (χ0n) is 15.4. The van der Waals surface area contributed by atoms with Crippen molar-refractivity contribution in [1.29, 1.82) is 0 Å². The molecule has 25 heavy (non-hydrogen) atoms. The predicted molar refractivity (Wildman–Crippen MR) is 99.2 cm³/mol. The van der Waals surface area contributed by atoms with E-state index in [1.165, 1.54) is 32.1 Å². The lowest BCUT2D eigenvalue weighted by Gasteiger charge is -2.52. The summed E-state index contributed by atoms with van der Waals surface area (Å²) < 4.78 is 0. The van der Waals surface area contributed by atoms with Crippen molar-refractivity contribution in [3.05, 3.63) is 0 Å². The van der Waals surface area contributed by atoms with Crippen LogP contribution in [0.15, 0.2) is 0 Å². The van der Waals surface area contributed by atoms with E-state index in [0.29, 0.717) is 19.4 Å². The highest BCUT2D eigenvalue weighted by molar-refractivity contribution is 6.23. The molecule has 1 aliphatic heterocycles. The number of carbonyl (C=O) groups excluding carboxylic acids is 2. The van der Waals surface area contributed by atoms with E-state index in [4.69, 9.17) is 11.5 Å². The van der Waals surface area contributed by atoms with Crippen LogP contribution >= 0.6 is 0 Å². The van der Waals surface area contributed by atoms with Gasteiger partial charge in [0, 0.05) is 57.4 Å². The third-order valence-electron chi connectivity index (χ3n) is 5.86. The molecule has 1 aliphatic carbocycles. The molecule has 0 radical (unpaired) electrons. The normalized spacial score (nSPS) is 23.7. The van der Waals surface area contributed by atoms with E-state index in [-0.39, 0.29) is 11.6 Å². The summed E-state index contributed by atoms with van der Waals surface area (Å²) in [7, 11) is 0. The van der Waals surface area contributed by atoms with Crippen LogP contribution in [0.1, 0.15) is 44.9 Å². The van der Waals surface area contributed by atoms with Gasteiger partial charge in [0.1, 0.15) is 0 Å². The van der Waals surface area contributed by atoms with Gasteiger partial charge in [-0.25, -0.2) is 0 Å². The number of hydrogen-bond acceptors (Lipinski definition) is 6. The van der Waals surface area contributed by atoms with E-state index in [2.05, 4.69) is 15.1 Å². The average Bonchev–Trinajstić information content (AvgIpc) is 2.62. The molecule has 1 saturated heterocycles. The number of piperidine rings is 1. The molecule has 1 saturated carbocycles. The molecule has 1 atom stereocenters. The minimum Gasteiger partial charge on any atom is -0.347 e. The van der Waals surface area contributed by atoms with Crippen LogP contribution in [-0.4, -0.2) is 79.4 Å². The van der Waals surface area contributed by atoms with Gasteiger partial charge >= 0.3 is 0 Å². The first kappa shape index (κ1) is 20.3. The molecule has 0 aromatic heterocycles. The Morgan fingerprint density at radius 1 is 1.16 bits per heavy atom. The van der Waals surface area contributed by atoms with Gasteiger partial charge in [0.15, 0.2) is 0 Å². The van der Waals surface area contributed by atoms with Crippen molar-refractivity contribution in [2.75, 3.05) is 45.8 Å². The minimum atomic E-state index is -0.485. The van der Waals surface area contributed by atoms with Crippen molar-refractivity contribution in [2.24, 2.45) is 11.5 Å². The van der Waals surface area contributed by atoms with Crippen LogP contribution in [-0.2, 0) is 9.59 Å². The molecule has 2 aliphatic rings. The molecule has 5 N–H and O–H groups in total. The molecular weight excluding hydrogens is 318 g/mol. The molecule has 0 bridgehead atoms. The predicted octanol–water partition coefficient (Wildman–Crippen LogP) is -0.312. The lowest BCUT2D eigenvalue weighted by Crippen LogP contribution is -2.60. The van der Waals surface area contributed by atoms with Crippen molar-refractivity contribution < 1.29 is 9.59 Å².